The quantitative estimate of drug-likeness (QED) is 0.742. The van der Waals surface area contributed by atoms with Crippen molar-refractivity contribution in [3.63, 3.8) is 0 Å². The lowest BCUT2D eigenvalue weighted by Crippen LogP contribution is -2.43. The van der Waals surface area contributed by atoms with E-state index in [9.17, 15) is 13.2 Å². The van der Waals surface area contributed by atoms with E-state index in [1.807, 2.05) is 6.92 Å². The molecular formula is C17H29N3O4S. The number of hydrogen-bond acceptors (Lipinski definition) is 5. The van der Waals surface area contributed by atoms with Gasteiger partial charge in [-0.25, -0.2) is 8.42 Å². The average molecular weight is 372 g/mol. The molecule has 0 aromatic carbocycles. The minimum atomic E-state index is -3.59. The van der Waals surface area contributed by atoms with Crippen LogP contribution in [0.4, 0.5) is 0 Å². The maximum Gasteiger partial charge on any atom is 0.248 e. The number of unbranched alkanes of at least 4 members (excludes halogenated alkanes) is 1. The number of nitrogens with zero attached hydrogens (tertiary/aromatic N) is 2. The Labute approximate surface area is 150 Å². The summed E-state index contributed by atoms with van der Waals surface area (Å²) in [6, 6.07) is 0. The average Bonchev–Trinajstić information content (AvgIpc) is 2.93. The molecule has 142 valence electrons. The Kier molecular flexibility index (Phi) is 6.62. The Balaban J connectivity index is 1.96. The molecule has 0 saturated carbocycles. The minimum Gasteiger partial charge on any atom is -0.360 e. The first kappa shape index (κ1) is 19.9. The topological polar surface area (TPSA) is 92.5 Å². The standard InChI is InChI=1S/C17H29N3O4S/c1-5-6-9-18-17(21)12(2)15-7-10-20(11-8-15)25(22,23)16-13(3)19-24-14(16)4/h12,15H,5-11H2,1-4H3,(H,18,21). The van der Waals surface area contributed by atoms with Crippen LogP contribution < -0.4 is 5.32 Å². The van der Waals surface area contributed by atoms with E-state index in [0.29, 0.717) is 43.9 Å². The number of carbonyl (C=O) groups excluding carboxylic acids is 1. The first-order chi connectivity index (χ1) is 11.8. The van der Waals surface area contributed by atoms with Gasteiger partial charge < -0.3 is 9.84 Å². The lowest BCUT2D eigenvalue weighted by Gasteiger charge is -2.33. The second kappa shape index (κ2) is 8.31. The van der Waals surface area contributed by atoms with E-state index in [-0.39, 0.29) is 22.6 Å². The van der Waals surface area contributed by atoms with Crippen molar-refractivity contribution in [1.82, 2.24) is 14.8 Å². The molecule has 2 rings (SSSR count). The molecule has 0 aliphatic carbocycles. The summed E-state index contributed by atoms with van der Waals surface area (Å²) in [7, 11) is -3.59. The van der Waals surface area contributed by atoms with Crippen molar-refractivity contribution < 1.29 is 17.7 Å². The number of amides is 1. The van der Waals surface area contributed by atoms with Crippen LogP contribution in [-0.4, -0.2) is 43.4 Å². The van der Waals surface area contributed by atoms with E-state index in [0.717, 1.165) is 12.8 Å². The molecule has 1 N–H and O–H groups in total. The molecule has 1 aliphatic rings. The highest BCUT2D eigenvalue weighted by molar-refractivity contribution is 7.89. The smallest absolute Gasteiger partial charge is 0.248 e. The van der Waals surface area contributed by atoms with Gasteiger partial charge in [0.1, 0.15) is 10.6 Å². The molecule has 0 radical (unpaired) electrons. The Morgan fingerprint density at radius 1 is 1.36 bits per heavy atom. The molecule has 25 heavy (non-hydrogen) atoms. The normalized spacial score (nSPS) is 18.2. The fraction of sp³-hybridized carbons (Fsp3) is 0.765. The van der Waals surface area contributed by atoms with Crippen molar-refractivity contribution in [3.05, 3.63) is 11.5 Å². The van der Waals surface area contributed by atoms with Gasteiger partial charge in [0.15, 0.2) is 5.76 Å². The van der Waals surface area contributed by atoms with Crippen molar-refractivity contribution in [2.75, 3.05) is 19.6 Å². The monoisotopic (exact) mass is 371 g/mol. The van der Waals surface area contributed by atoms with Crippen LogP contribution in [-0.2, 0) is 14.8 Å². The van der Waals surface area contributed by atoms with Gasteiger partial charge in [0, 0.05) is 25.6 Å². The number of aromatic nitrogens is 1. The summed E-state index contributed by atoms with van der Waals surface area (Å²) in [6.45, 7) is 8.82. The van der Waals surface area contributed by atoms with Gasteiger partial charge in [-0.3, -0.25) is 4.79 Å². The van der Waals surface area contributed by atoms with E-state index in [4.69, 9.17) is 4.52 Å². The summed E-state index contributed by atoms with van der Waals surface area (Å²) in [4.78, 5) is 12.4. The van der Waals surface area contributed by atoms with Gasteiger partial charge >= 0.3 is 0 Å². The minimum absolute atomic E-state index is 0.0699. The summed E-state index contributed by atoms with van der Waals surface area (Å²) < 4.78 is 32.1. The van der Waals surface area contributed by atoms with Crippen LogP contribution in [0.15, 0.2) is 9.42 Å². The molecule has 1 aromatic heterocycles. The van der Waals surface area contributed by atoms with E-state index < -0.39 is 10.0 Å². The summed E-state index contributed by atoms with van der Waals surface area (Å²) in [6.07, 6.45) is 3.40. The highest BCUT2D eigenvalue weighted by atomic mass is 32.2. The van der Waals surface area contributed by atoms with Gasteiger partial charge in [-0.15, -0.1) is 0 Å². The molecule has 0 spiro atoms. The van der Waals surface area contributed by atoms with Gasteiger partial charge in [-0.2, -0.15) is 4.31 Å². The predicted molar refractivity (Wildman–Crippen MR) is 94.5 cm³/mol. The fourth-order valence-electron chi connectivity index (χ4n) is 3.35. The second-order valence-electron chi connectivity index (χ2n) is 6.83. The molecule has 1 atom stereocenters. The summed E-state index contributed by atoms with van der Waals surface area (Å²) in [5.41, 5.74) is 0.392. The fourth-order valence-corrected chi connectivity index (χ4v) is 5.11. The zero-order valence-electron chi connectivity index (χ0n) is 15.5. The number of carbonyl (C=O) groups is 1. The van der Waals surface area contributed by atoms with Crippen LogP contribution >= 0.6 is 0 Å². The first-order valence-corrected chi connectivity index (χ1v) is 10.4. The number of sulfonamides is 1. The number of piperidine rings is 1. The molecule has 1 saturated heterocycles. The molecule has 1 unspecified atom stereocenters. The van der Waals surface area contributed by atoms with Crippen LogP contribution in [0.3, 0.4) is 0 Å². The predicted octanol–water partition coefficient (Wildman–Crippen LogP) is 2.24. The highest BCUT2D eigenvalue weighted by Crippen LogP contribution is 2.30. The highest BCUT2D eigenvalue weighted by Gasteiger charge is 2.36. The maximum absolute atomic E-state index is 12.8. The van der Waals surface area contributed by atoms with Crippen molar-refractivity contribution in [1.29, 1.82) is 0 Å². The van der Waals surface area contributed by atoms with Crippen molar-refractivity contribution in [2.24, 2.45) is 11.8 Å². The van der Waals surface area contributed by atoms with E-state index in [1.165, 1.54) is 4.31 Å². The molecule has 1 fully saturated rings. The van der Waals surface area contributed by atoms with Crippen molar-refractivity contribution in [3.8, 4) is 0 Å². The second-order valence-corrected chi connectivity index (χ2v) is 8.70. The van der Waals surface area contributed by atoms with E-state index in [1.54, 1.807) is 13.8 Å². The van der Waals surface area contributed by atoms with Gasteiger partial charge in [0.05, 0.1) is 0 Å². The van der Waals surface area contributed by atoms with Crippen LogP contribution in [0.1, 0.15) is 51.0 Å². The van der Waals surface area contributed by atoms with Crippen molar-refractivity contribution in [2.45, 2.75) is 58.3 Å². The molecule has 8 heteroatoms. The zero-order chi connectivity index (χ0) is 18.6. The molecule has 2 heterocycles. The first-order valence-electron chi connectivity index (χ1n) is 8.99. The largest absolute Gasteiger partial charge is 0.360 e. The molecular weight excluding hydrogens is 342 g/mol. The maximum atomic E-state index is 12.8. The van der Waals surface area contributed by atoms with Gasteiger partial charge in [-0.05, 0) is 39.0 Å². The van der Waals surface area contributed by atoms with Crippen LogP contribution in [0.25, 0.3) is 0 Å². The van der Waals surface area contributed by atoms with E-state index in [2.05, 4.69) is 17.4 Å². The van der Waals surface area contributed by atoms with Crippen LogP contribution in [0.5, 0.6) is 0 Å². The molecule has 7 nitrogen and oxygen atoms in total. The van der Waals surface area contributed by atoms with Gasteiger partial charge in [0.25, 0.3) is 0 Å². The molecule has 1 amide bonds. The SMILES string of the molecule is CCCCNC(=O)C(C)C1CCN(S(=O)(=O)c2c(C)noc2C)CC1. The third-order valence-electron chi connectivity index (χ3n) is 5.01. The van der Waals surface area contributed by atoms with E-state index >= 15 is 0 Å². The molecule has 1 aliphatic heterocycles. The molecule has 1 aromatic rings. The number of nitrogens with one attached hydrogen (secondary N) is 1. The number of hydrogen-bond donors (Lipinski definition) is 1. The van der Waals surface area contributed by atoms with Gasteiger partial charge in [0.2, 0.25) is 15.9 Å². The summed E-state index contributed by atoms with van der Waals surface area (Å²) in [5.74, 6) is 0.502. The summed E-state index contributed by atoms with van der Waals surface area (Å²) in [5, 5.41) is 6.71. The zero-order valence-corrected chi connectivity index (χ0v) is 16.4. The lowest BCUT2D eigenvalue weighted by molar-refractivity contribution is -0.126. The third-order valence-corrected chi connectivity index (χ3v) is 7.16. The Morgan fingerprint density at radius 3 is 2.52 bits per heavy atom. The van der Waals surface area contributed by atoms with Crippen LogP contribution in [0.2, 0.25) is 0 Å². The number of aryl methyl sites for hydroxylation is 2. The Hall–Kier alpha value is -1.41. The summed E-state index contributed by atoms with van der Waals surface area (Å²) >= 11 is 0. The molecule has 0 bridgehead atoms. The van der Waals surface area contributed by atoms with Gasteiger partial charge in [-0.1, -0.05) is 25.4 Å². The third kappa shape index (κ3) is 4.41. The van der Waals surface area contributed by atoms with Crippen LogP contribution in [0, 0.1) is 25.7 Å². The Morgan fingerprint density at radius 2 is 2.00 bits per heavy atom. The number of rotatable bonds is 7. The lowest BCUT2D eigenvalue weighted by atomic mass is 9.85. The van der Waals surface area contributed by atoms with Crippen molar-refractivity contribution >= 4 is 15.9 Å². The Bertz CT molecular complexity index is 671.